The molecule has 0 radical (unpaired) electrons. The first kappa shape index (κ1) is 59.0. The Balaban J connectivity index is 0.000000200. The van der Waals surface area contributed by atoms with Gasteiger partial charge in [0.1, 0.15) is 11.6 Å². The van der Waals surface area contributed by atoms with Gasteiger partial charge in [0.25, 0.3) is 0 Å². The molecule has 0 aromatic carbocycles. The second kappa shape index (κ2) is 21.0. The average molecular weight is 1040 g/mol. The van der Waals surface area contributed by atoms with Gasteiger partial charge in [0.2, 0.25) is 0 Å². The summed E-state index contributed by atoms with van der Waals surface area (Å²) in [6, 6.07) is 1.64. The summed E-state index contributed by atoms with van der Waals surface area (Å²) >= 11 is 0. The molecule has 0 unspecified atom stereocenters. The summed E-state index contributed by atoms with van der Waals surface area (Å²) < 4.78 is 120. The van der Waals surface area contributed by atoms with Gasteiger partial charge < -0.3 is 18.1 Å². The molecule has 10 nitrogen and oxygen atoms in total. The van der Waals surface area contributed by atoms with Crippen molar-refractivity contribution in [1.82, 2.24) is 0 Å². The number of hydrogen-bond donors (Lipinski definition) is 0. The summed E-state index contributed by atoms with van der Waals surface area (Å²) in [6.45, 7) is 31.8. The first-order valence-electron chi connectivity index (χ1n) is 26.4. The van der Waals surface area contributed by atoms with Gasteiger partial charge in [-0.15, -0.1) is 0 Å². The zero-order valence-corrected chi connectivity index (χ0v) is 45.2. The Morgan fingerprint density at radius 1 is 0.500 bits per heavy atom. The number of fused-ring (bicyclic) bond motifs is 10. The lowest BCUT2D eigenvalue weighted by atomic mass is 9.48. The number of alkyl halides is 6. The first-order valence-corrected chi connectivity index (χ1v) is 29.2. The molecule has 0 aliphatic heterocycles. The van der Waals surface area contributed by atoms with Crippen LogP contribution in [0.1, 0.15) is 172 Å². The fourth-order valence-corrected chi connectivity index (χ4v) is 16.7. The third kappa shape index (κ3) is 10.7. The maximum absolute atomic E-state index is 12.6. The van der Waals surface area contributed by atoms with Crippen molar-refractivity contribution in [3.05, 3.63) is 23.3 Å². The van der Waals surface area contributed by atoms with Crippen molar-refractivity contribution in [3.63, 3.8) is 0 Å². The van der Waals surface area contributed by atoms with Crippen molar-refractivity contribution in [1.29, 1.82) is 0 Å². The van der Waals surface area contributed by atoms with Crippen LogP contribution in [0.15, 0.2) is 23.3 Å². The molecule has 0 aromatic rings. The summed E-state index contributed by atoms with van der Waals surface area (Å²) in [4.78, 5) is 25.2. The summed E-state index contributed by atoms with van der Waals surface area (Å²) in [5.41, 5.74) is -6.84. The Hall–Kier alpha value is -1.86. The van der Waals surface area contributed by atoms with Gasteiger partial charge >= 0.3 is 11.0 Å². The predicted octanol–water partition coefficient (Wildman–Crippen LogP) is 11.6. The molecule has 6 saturated carbocycles. The van der Waals surface area contributed by atoms with Crippen LogP contribution in [0.4, 0.5) is 26.3 Å². The number of halogens is 6. The number of ketones is 2. The third-order valence-corrected chi connectivity index (χ3v) is 22.6. The number of rotatable bonds is 8. The van der Waals surface area contributed by atoms with Crippen LogP contribution >= 0.6 is 0 Å². The largest absolute Gasteiger partial charge is 0.741 e. The molecule has 0 amide bonds. The smallest absolute Gasteiger partial charge is 0.485 e. The van der Waals surface area contributed by atoms with Crippen LogP contribution in [0.25, 0.3) is 0 Å². The van der Waals surface area contributed by atoms with Crippen LogP contribution in [-0.4, -0.2) is 109 Å². The van der Waals surface area contributed by atoms with Crippen molar-refractivity contribution in [2.24, 2.45) is 57.2 Å². The number of carbonyl (C=O) groups excluding carboxylic acids is 2. The van der Waals surface area contributed by atoms with Crippen LogP contribution in [0.2, 0.25) is 0 Å². The minimum Gasteiger partial charge on any atom is -0.741 e. The molecule has 12 atom stereocenters. The van der Waals surface area contributed by atoms with E-state index in [2.05, 4.69) is 81.4 Å². The van der Waals surface area contributed by atoms with Gasteiger partial charge in [-0.1, -0.05) is 51.0 Å². The fraction of sp³-hybridized carbons (Fsp3) is 0.885. The van der Waals surface area contributed by atoms with E-state index < -0.39 is 31.3 Å². The quantitative estimate of drug-likeness (QED) is 0.0767. The van der Waals surface area contributed by atoms with Gasteiger partial charge in [0.05, 0.1) is 51.4 Å². The lowest BCUT2D eigenvalue weighted by molar-refractivity contribution is -0.947. The Labute approximate surface area is 415 Å². The van der Waals surface area contributed by atoms with Crippen molar-refractivity contribution in [3.8, 4) is 0 Å². The van der Waals surface area contributed by atoms with Gasteiger partial charge in [-0.2, -0.15) is 26.3 Å². The number of nitrogens with zero attached hydrogens (tertiary/aromatic N) is 2. The third-order valence-electron chi connectivity index (χ3n) is 21.5. The molecule has 0 N–H and O–H groups in total. The van der Waals surface area contributed by atoms with E-state index in [0.717, 1.165) is 61.4 Å². The van der Waals surface area contributed by atoms with Crippen molar-refractivity contribution in [2.75, 3.05) is 39.3 Å². The molecule has 404 valence electrons. The minimum absolute atomic E-state index is 0.0126. The Morgan fingerprint density at radius 3 is 1.01 bits per heavy atom. The number of carbonyl (C=O) groups is 2. The van der Waals surface area contributed by atoms with Gasteiger partial charge in [-0.25, -0.2) is 16.8 Å². The van der Waals surface area contributed by atoms with Crippen LogP contribution in [-0.2, 0) is 29.8 Å². The number of hydrogen-bond acceptors (Lipinski definition) is 8. The molecule has 0 bridgehead atoms. The fourth-order valence-electron chi connectivity index (χ4n) is 16.7. The summed E-state index contributed by atoms with van der Waals surface area (Å²) in [5, 5.41) is 0. The van der Waals surface area contributed by atoms with E-state index in [1.165, 1.54) is 125 Å². The van der Waals surface area contributed by atoms with Gasteiger partial charge in [0.15, 0.2) is 20.2 Å². The molecule has 70 heavy (non-hydrogen) atoms. The summed E-state index contributed by atoms with van der Waals surface area (Å²) in [5.74, 6) is 5.66. The summed E-state index contributed by atoms with van der Waals surface area (Å²) in [6.07, 6.45) is 25.0. The van der Waals surface area contributed by atoms with Crippen molar-refractivity contribution in [2.45, 2.75) is 195 Å². The zero-order valence-electron chi connectivity index (χ0n) is 43.6. The zero-order chi connectivity index (χ0) is 52.9. The maximum atomic E-state index is 12.6. The van der Waals surface area contributed by atoms with Crippen LogP contribution in [0.5, 0.6) is 0 Å². The highest BCUT2D eigenvalue weighted by molar-refractivity contribution is 7.86. The van der Waals surface area contributed by atoms with Gasteiger partial charge in [0, 0.05) is 49.4 Å². The molecule has 0 aromatic heterocycles. The molecule has 8 aliphatic rings. The Kier molecular flexibility index (Phi) is 17.7. The standard InChI is InChI=1S/2C25H42NO.2CHF3O3S/c2*1-6-26(7-2,8-3)19-13-15-24(4)18(17-19)9-10-20-21-11-12-23(27)25(21,5)16-14-22(20)24;2*2-1(3,4)8(5,6)7/h2*9,19-22H,6-8,10-17H2,1-5H3;2*(H,5,6,7)/q2*+1;;/p-2/t2*19-,20-,21-,22-,24-,25-;;/m00../s1. The summed E-state index contributed by atoms with van der Waals surface area (Å²) in [7, 11) is -12.2. The second-order valence-electron chi connectivity index (χ2n) is 23.3. The lowest BCUT2D eigenvalue weighted by Crippen LogP contribution is -2.58. The van der Waals surface area contributed by atoms with E-state index in [1.807, 2.05) is 0 Å². The average Bonchev–Trinajstić information content (AvgIpc) is 3.77. The van der Waals surface area contributed by atoms with E-state index in [4.69, 9.17) is 25.9 Å². The van der Waals surface area contributed by atoms with Crippen LogP contribution in [0.3, 0.4) is 0 Å². The Morgan fingerprint density at radius 2 is 0.757 bits per heavy atom. The molecule has 0 heterocycles. The SMILES string of the molecule is CC[N+](CC)(CC)[C@H]1CC[C@@]2(C)C(=CC[C@@H]3[C@@H]2CC[C@]2(C)C(=O)CC[C@@H]32)C1.CC[N+](CC)(CC)[C@H]1CC[C@@]2(C)C(=CC[C@@H]3[C@@H]2CC[C@]2(C)C(=O)CC[C@@H]32)C1.O=S(=O)([O-])C(F)(F)F.O=S(=O)([O-])C(F)(F)F. The first-order chi connectivity index (χ1) is 32.2. The molecule has 0 spiro atoms. The van der Waals surface area contributed by atoms with E-state index >= 15 is 0 Å². The van der Waals surface area contributed by atoms with E-state index in [1.54, 1.807) is 11.1 Å². The van der Waals surface area contributed by atoms with Crippen molar-refractivity contribution >= 4 is 31.8 Å². The number of allylic oxidation sites excluding steroid dienone is 2. The molecule has 0 saturated heterocycles. The number of Topliss-reactive ketones (excluding diaryl/α,β-unsaturated/α-hetero) is 2. The highest BCUT2D eigenvalue weighted by atomic mass is 32.2. The Bertz CT molecular complexity index is 2020. The molecule has 8 rings (SSSR count). The van der Waals surface area contributed by atoms with E-state index in [0.29, 0.717) is 34.2 Å². The topological polar surface area (TPSA) is 149 Å². The van der Waals surface area contributed by atoms with E-state index in [9.17, 15) is 35.9 Å². The van der Waals surface area contributed by atoms with Gasteiger partial charge in [-0.3, -0.25) is 9.59 Å². The highest BCUT2D eigenvalue weighted by Gasteiger charge is 2.61. The normalized spacial score (nSPS) is 37.4. The second-order valence-corrected chi connectivity index (χ2v) is 26.0. The van der Waals surface area contributed by atoms with E-state index in [-0.39, 0.29) is 10.8 Å². The van der Waals surface area contributed by atoms with Crippen molar-refractivity contribution < 1.29 is 70.8 Å². The predicted molar refractivity (Wildman–Crippen MR) is 256 cm³/mol. The number of quaternary nitrogens is 2. The maximum Gasteiger partial charge on any atom is 0.485 e. The molecule has 6 fully saturated rings. The minimum atomic E-state index is -6.09. The monoisotopic (exact) mass is 1040 g/mol. The molecular formula is C52H84F6N2O8S2. The van der Waals surface area contributed by atoms with Crippen LogP contribution in [0, 0.1) is 57.2 Å². The molecule has 8 aliphatic carbocycles. The molecule has 18 heteroatoms. The molecular weight excluding hydrogens is 959 g/mol. The lowest BCUT2D eigenvalue weighted by Gasteiger charge is -2.58. The van der Waals surface area contributed by atoms with Gasteiger partial charge in [-0.05, 0) is 152 Å². The highest BCUT2D eigenvalue weighted by Crippen LogP contribution is 2.66. The van der Waals surface area contributed by atoms with Crippen LogP contribution < -0.4 is 0 Å².